The molecule has 0 unspecified atom stereocenters. The Bertz CT molecular complexity index is 779. The van der Waals surface area contributed by atoms with Crippen molar-refractivity contribution in [3.8, 4) is 5.75 Å². The van der Waals surface area contributed by atoms with Crippen molar-refractivity contribution in [2.45, 2.75) is 32.8 Å². The van der Waals surface area contributed by atoms with Crippen LogP contribution in [0.25, 0.3) is 10.9 Å². The van der Waals surface area contributed by atoms with Crippen molar-refractivity contribution < 1.29 is 23.8 Å². The quantitative estimate of drug-likeness (QED) is 0.602. The molecule has 0 radical (unpaired) electrons. The van der Waals surface area contributed by atoms with E-state index in [1.165, 1.54) is 6.92 Å². The van der Waals surface area contributed by atoms with Gasteiger partial charge in [-0.15, -0.1) is 0 Å². The third-order valence-corrected chi connectivity index (χ3v) is 3.73. The van der Waals surface area contributed by atoms with E-state index in [4.69, 9.17) is 14.2 Å². The first-order valence-corrected chi connectivity index (χ1v) is 8.46. The lowest BCUT2D eigenvalue weighted by molar-refractivity contribution is -0.157. The van der Waals surface area contributed by atoms with Gasteiger partial charge in [0.15, 0.2) is 0 Å². The third-order valence-electron chi connectivity index (χ3n) is 3.73. The van der Waals surface area contributed by atoms with Crippen LogP contribution < -0.4 is 4.74 Å². The van der Waals surface area contributed by atoms with E-state index in [0.717, 1.165) is 29.4 Å². The average Bonchev–Trinajstić information content (AvgIpc) is 2.94. The molecule has 0 aliphatic heterocycles. The number of nitrogens with one attached hydrogen (secondary N) is 1. The van der Waals surface area contributed by atoms with Crippen molar-refractivity contribution in [2.24, 2.45) is 0 Å². The van der Waals surface area contributed by atoms with E-state index in [2.05, 4.69) is 9.88 Å². The first kappa shape index (κ1) is 19.8. The fourth-order valence-electron chi connectivity index (χ4n) is 2.62. The summed E-state index contributed by atoms with van der Waals surface area (Å²) in [5.41, 5.74) is 1.04. The summed E-state index contributed by atoms with van der Waals surface area (Å²) >= 11 is 0. The minimum atomic E-state index is -0.915. The zero-order chi connectivity index (χ0) is 19.3. The van der Waals surface area contributed by atoms with Gasteiger partial charge in [-0.2, -0.15) is 0 Å². The molecule has 0 bridgehead atoms. The van der Waals surface area contributed by atoms with Gasteiger partial charge in [0.25, 0.3) is 0 Å². The topological polar surface area (TPSA) is 80.9 Å². The Labute approximate surface area is 153 Å². The minimum absolute atomic E-state index is 0.0952. The molecule has 0 aliphatic carbocycles. The van der Waals surface area contributed by atoms with E-state index < -0.39 is 17.7 Å². The number of hydrogen-bond acceptors (Lipinski definition) is 6. The monoisotopic (exact) mass is 362 g/mol. The second kappa shape index (κ2) is 8.23. The lowest BCUT2D eigenvalue weighted by Crippen LogP contribution is -2.34. The third kappa shape index (κ3) is 5.49. The van der Waals surface area contributed by atoms with Crippen molar-refractivity contribution >= 4 is 23.0 Å². The Kier molecular flexibility index (Phi) is 6.26. The molecule has 26 heavy (non-hydrogen) atoms. The van der Waals surface area contributed by atoms with Gasteiger partial charge < -0.3 is 24.1 Å². The Balaban J connectivity index is 2.08. The van der Waals surface area contributed by atoms with Crippen molar-refractivity contribution in [1.82, 2.24) is 9.88 Å². The summed E-state index contributed by atoms with van der Waals surface area (Å²) in [5, 5.41) is 0.866. The minimum Gasteiger partial charge on any atom is -0.456 e. The molecule has 1 N–H and O–H groups in total. The molecule has 0 spiro atoms. The first-order valence-electron chi connectivity index (χ1n) is 8.46. The van der Waals surface area contributed by atoms with E-state index in [-0.39, 0.29) is 6.61 Å². The Morgan fingerprint density at radius 2 is 1.96 bits per heavy atom. The lowest BCUT2D eigenvalue weighted by atomic mass is 10.1. The molecule has 0 atom stereocenters. The predicted octanol–water partition coefficient (Wildman–Crippen LogP) is 3.13. The highest BCUT2D eigenvalue weighted by Crippen LogP contribution is 2.29. The molecule has 1 aromatic carbocycles. The molecular formula is C19H26N2O5. The number of aromatic amines is 1. The molecule has 0 amide bonds. The SMILES string of the molecule is CC(=O)OC(C)(C)COC(=O)Oc1cccc2[nH]cc(CCN(C)C)c12. The maximum atomic E-state index is 12.1. The van der Waals surface area contributed by atoms with E-state index in [1.54, 1.807) is 26.0 Å². The van der Waals surface area contributed by atoms with Crippen LogP contribution in [0.3, 0.4) is 0 Å². The van der Waals surface area contributed by atoms with Crippen LogP contribution in [0.5, 0.6) is 5.75 Å². The lowest BCUT2D eigenvalue weighted by Gasteiger charge is -2.23. The molecule has 2 rings (SSSR count). The largest absolute Gasteiger partial charge is 0.514 e. The summed E-state index contributed by atoms with van der Waals surface area (Å²) in [4.78, 5) is 28.4. The van der Waals surface area contributed by atoms with Gasteiger partial charge in [0, 0.05) is 30.6 Å². The Morgan fingerprint density at radius 1 is 1.23 bits per heavy atom. The zero-order valence-electron chi connectivity index (χ0n) is 15.9. The molecular weight excluding hydrogens is 336 g/mol. The van der Waals surface area contributed by atoms with Gasteiger partial charge in [0.1, 0.15) is 18.0 Å². The molecule has 142 valence electrons. The molecule has 0 aliphatic rings. The number of fused-ring (bicyclic) bond motifs is 1. The number of carbonyl (C=O) groups is 2. The van der Waals surface area contributed by atoms with Gasteiger partial charge in [-0.1, -0.05) is 6.07 Å². The number of rotatable bonds is 7. The van der Waals surface area contributed by atoms with E-state index in [0.29, 0.717) is 5.75 Å². The Morgan fingerprint density at radius 3 is 2.62 bits per heavy atom. The fraction of sp³-hybridized carbons (Fsp3) is 0.474. The number of H-pyrrole nitrogens is 1. The standard InChI is InChI=1S/C19H26N2O5/c1-13(22)26-19(2,3)12-24-18(23)25-16-8-6-7-15-17(16)14(11-20-15)9-10-21(4)5/h6-8,11,20H,9-10,12H2,1-5H3. The first-order chi connectivity index (χ1) is 12.2. The van der Waals surface area contributed by atoms with Crippen LogP contribution in [0.1, 0.15) is 26.3 Å². The van der Waals surface area contributed by atoms with Gasteiger partial charge >= 0.3 is 12.1 Å². The second-order valence-electron chi connectivity index (χ2n) is 7.04. The van der Waals surface area contributed by atoms with Gasteiger partial charge in [-0.3, -0.25) is 4.79 Å². The van der Waals surface area contributed by atoms with Crippen LogP contribution in [0.4, 0.5) is 4.79 Å². The van der Waals surface area contributed by atoms with Gasteiger partial charge in [0.05, 0.1) is 0 Å². The maximum absolute atomic E-state index is 12.1. The van der Waals surface area contributed by atoms with Crippen molar-refractivity contribution in [3.05, 3.63) is 30.0 Å². The maximum Gasteiger partial charge on any atom is 0.514 e. The number of likely N-dealkylation sites (N-methyl/N-ethyl adjacent to an activating group) is 1. The number of hydrogen-bond donors (Lipinski definition) is 1. The molecule has 0 saturated carbocycles. The highest BCUT2D eigenvalue weighted by molar-refractivity contribution is 5.90. The van der Waals surface area contributed by atoms with E-state index >= 15 is 0 Å². The molecule has 1 aromatic heterocycles. The number of ether oxygens (including phenoxy) is 3. The van der Waals surface area contributed by atoms with Crippen LogP contribution in [0, 0.1) is 0 Å². The van der Waals surface area contributed by atoms with E-state index in [9.17, 15) is 9.59 Å². The number of aromatic nitrogens is 1. The summed E-state index contributed by atoms with van der Waals surface area (Å²) < 4.78 is 15.6. The molecule has 7 nitrogen and oxygen atoms in total. The number of benzene rings is 1. The summed E-state index contributed by atoms with van der Waals surface area (Å²) in [6.07, 6.45) is 1.91. The van der Waals surface area contributed by atoms with Gasteiger partial charge in [0.2, 0.25) is 0 Å². The van der Waals surface area contributed by atoms with Crippen LogP contribution >= 0.6 is 0 Å². The summed E-state index contributed by atoms with van der Waals surface area (Å²) in [6, 6.07) is 5.46. The average molecular weight is 362 g/mol. The van der Waals surface area contributed by atoms with Gasteiger partial charge in [-0.05, 0) is 52.1 Å². The summed E-state index contributed by atoms with van der Waals surface area (Å²) in [6.45, 7) is 5.41. The summed E-state index contributed by atoms with van der Waals surface area (Å²) in [5.74, 6) is 0.00221. The molecule has 0 fully saturated rings. The second-order valence-corrected chi connectivity index (χ2v) is 7.04. The fourth-order valence-corrected chi connectivity index (χ4v) is 2.62. The van der Waals surface area contributed by atoms with Crippen LogP contribution in [-0.2, 0) is 20.7 Å². The van der Waals surface area contributed by atoms with Crippen LogP contribution in [-0.4, -0.2) is 54.9 Å². The zero-order valence-corrected chi connectivity index (χ0v) is 15.9. The van der Waals surface area contributed by atoms with E-state index in [1.807, 2.05) is 26.4 Å². The molecule has 1 heterocycles. The molecule has 2 aromatic rings. The highest BCUT2D eigenvalue weighted by Gasteiger charge is 2.24. The molecule has 0 saturated heterocycles. The van der Waals surface area contributed by atoms with Crippen molar-refractivity contribution in [1.29, 1.82) is 0 Å². The molecule has 7 heteroatoms. The van der Waals surface area contributed by atoms with Crippen molar-refractivity contribution in [2.75, 3.05) is 27.2 Å². The van der Waals surface area contributed by atoms with Gasteiger partial charge in [-0.25, -0.2) is 4.79 Å². The predicted molar refractivity (Wildman–Crippen MR) is 98.4 cm³/mol. The number of esters is 1. The highest BCUT2D eigenvalue weighted by atomic mass is 16.7. The number of carbonyl (C=O) groups excluding carboxylic acids is 2. The van der Waals surface area contributed by atoms with Crippen molar-refractivity contribution in [3.63, 3.8) is 0 Å². The normalized spacial score (nSPS) is 11.6. The Hall–Kier alpha value is -2.54. The van der Waals surface area contributed by atoms with Crippen LogP contribution in [0.2, 0.25) is 0 Å². The summed E-state index contributed by atoms with van der Waals surface area (Å²) in [7, 11) is 4.02. The van der Waals surface area contributed by atoms with Crippen LogP contribution in [0.15, 0.2) is 24.4 Å². The number of nitrogens with zero attached hydrogens (tertiary/aromatic N) is 1. The smallest absolute Gasteiger partial charge is 0.456 e.